The minimum Gasteiger partial charge on any atom is -0.296 e. The van der Waals surface area contributed by atoms with Gasteiger partial charge in [-0.3, -0.25) is 4.79 Å². The molecule has 0 heterocycles. The molecular weight excluding hydrogens is 183 g/mol. The van der Waals surface area contributed by atoms with Crippen molar-refractivity contribution in [1.82, 2.24) is 0 Å². The van der Waals surface area contributed by atoms with Crippen molar-refractivity contribution in [3.05, 3.63) is 12.2 Å². The second-order valence-corrected chi connectivity index (χ2v) is 4.59. The summed E-state index contributed by atoms with van der Waals surface area (Å²) >= 11 is 11.8. The molecular formula is C8H8Cl2O. The van der Waals surface area contributed by atoms with Gasteiger partial charge in [0.1, 0.15) is 0 Å². The first kappa shape index (κ1) is 7.63. The summed E-state index contributed by atoms with van der Waals surface area (Å²) in [5.41, 5.74) is 0. The van der Waals surface area contributed by atoms with E-state index in [1.54, 1.807) is 0 Å². The fourth-order valence-electron chi connectivity index (χ4n) is 1.89. The summed E-state index contributed by atoms with van der Waals surface area (Å²) in [6.45, 7) is 0. The topological polar surface area (TPSA) is 17.1 Å². The molecule has 2 atom stereocenters. The summed E-state index contributed by atoms with van der Waals surface area (Å²) in [6.07, 6.45) is 5.53. The SMILES string of the molecule is O=C1C[C@H]2CC=C[C@H]2C1(Cl)Cl. The molecule has 0 unspecified atom stereocenters. The van der Waals surface area contributed by atoms with Gasteiger partial charge in [-0.15, -0.1) is 0 Å². The highest BCUT2D eigenvalue weighted by atomic mass is 35.5. The smallest absolute Gasteiger partial charge is 0.182 e. The van der Waals surface area contributed by atoms with Gasteiger partial charge in [0, 0.05) is 12.3 Å². The van der Waals surface area contributed by atoms with Crippen LogP contribution in [0.1, 0.15) is 12.8 Å². The van der Waals surface area contributed by atoms with E-state index in [-0.39, 0.29) is 11.7 Å². The lowest BCUT2D eigenvalue weighted by molar-refractivity contribution is -0.118. The Morgan fingerprint density at radius 2 is 2.27 bits per heavy atom. The summed E-state index contributed by atoms with van der Waals surface area (Å²) in [7, 11) is 0. The molecule has 11 heavy (non-hydrogen) atoms. The predicted molar refractivity (Wildman–Crippen MR) is 44.8 cm³/mol. The number of hydrogen-bond acceptors (Lipinski definition) is 1. The molecule has 2 rings (SSSR count). The van der Waals surface area contributed by atoms with E-state index in [1.165, 1.54) is 0 Å². The van der Waals surface area contributed by atoms with Crippen molar-refractivity contribution < 1.29 is 4.79 Å². The number of Topliss-reactive ketones (excluding diaryl/α,β-unsaturated/α-hetero) is 1. The zero-order valence-electron chi connectivity index (χ0n) is 5.89. The van der Waals surface area contributed by atoms with E-state index in [1.807, 2.05) is 6.08 Å². The quantitative estimate of drug-likeness (QED) is 0.424. The van der Waals surface area contributed by atoms with Gasteiger partial charge < -0.3 is 0 Å². The van der Waals surface area contributed by atoms with Crippen LogP contribution >= 0.6 is 23.2 Å². The summed E-state index contributed by atoms with van der Waals surface area (Å²) in [5.74, 6) is 0.427. The van der Waals surface area contributed by atoms with Crippen molar-refractivity contribution in [1.29, 1.82) is 0 Å². The number of hydrogen-bond donors (Lipinski definition) is 0. The molecule has 0 aromatic heterocycles. The van der Waals surface area contributed by atoms with Gasteiger partial charge in [0.2, 0.25) is 0 Å². The Morgan fingerprint density at radius 1 is 1.55 bits per heavy atom. The van der Waals surface area contributed by atoms with Crippen LogP contribution in [0.25, 0.3) is 0 Å². The average molecular weight is 191 g/mol. The van der Waals surface area contributed by atoms with Gasteiger partial charge in [-0.25, -0.2) is 0 Å². The maximum atomic E-state index is 11.2. The Bertz CT molecular complexity index is 232. The molecule has 1 saturated carbocycles. The largest absolute Gasteiger partial charge is 0.296 e. The maximum absolute atomic E-state index is 11.2. The minimum absolute atomic E-state index is 0.0137. The van der Waals surface area contributed by atoms with Crippen LogP contribution in [0.2, 0.25) is 0 Å². The van der Waals surface area contributed by atoms with E-state index in [0.29, 0.717) is 12.3 Å². The third-order valence-corrected chi connectivity index (χ3v) is 3.45. The van der Waals surface area contributed by atoms with Gasteiger partial charge in [-0.2, -0.15) is 0 Å². The minimum atomic E-state index is -1.13. The molecule has 2 aliphatic carbocycles. The maximum Gasteiger partial charge on any atom is 0.182 e. The molecule has 0 saturated heterocycles. The first-order valence-corrected chi connectivity index (χ1v) is 4.45. The zero-order chi connectivity index (χ0) is 8.06. The molecule has 3 heteroatoms. The van der Waals surface area contributed by atoms with E-state index >= 15 is 0 Å². The predicted octanol–water partition coefficient (Wildman–Crippen LogP) is 2.33. The highest BCUT2D eigenvalue weighted by Gasteiger charge is 2.52. The Hall–Kier alpha value is -0.0100. The van der Waals surface area contributed by atoms with Crippen LogP contribution in [-0.2, 0) is 4.79 Å². The lowest BCUT2D eigenvalue weighted by Gasteiger charge is -2.17. The Kier molecular flexibility index (Phi) is 1.55. The fourth-order valence-corrected chi connectivity index (χ4v) is 2.55. The van der Waals surface area contributed by atoms with Crippen LogP contribution in [0.5, 0.6) is 0 Å². The van der Waals surface area contributed by atoms with Crippen LogP contribution in [0.4, 0.5) is 0 Å². The number of carbonyl (C=O) groups is 1. The van der Waals surface area contributed by atoms with Crippen LogP contribution < -0.4 is 0 Å². The van der Waals surface area contributed by atoms with Crippen LogP contribution in [0.3, 0.4) is 0 Å². The zero-order valence-corrected chi connectivity index (χ0v) is 7.40. The van der Waals surface area contributed by atoms with Gasteiger partial charge in [0.05, 0.1) is 0 Å². The molecule has 0 radical (unpaired) electrons. The van der Waals surface area contributed by atoms with Crippen molar-refractivity contribution in [2.75, 3.05) is 0 Å². The molecule has 0 aromatic carbocycles. The fraction of sp³-hybridized carbons (Fsp3) is 0.625. The molecule has 60 valence electrons. The molecule has 0 bridgehead atoms. The summed E-state index contributed by atoms with van der Waals surface area (Å²) in [5, 5.41) is 0. The Balaban J connectivity index is 2.34. The lowest BCUT2D eigenvalue weighted by Crippen LogP contribution is -2.25. The molecule has 1 nitrogen and oxygen atoms in total. The van der Waals surface area contributed by atoms with Gasteiger partial charge in [-0.05, 0) is 12.3 Å². The van der Waals surface area contributed by atoms with Crippen molar-refractivity contribution in [2.45, 2.75) is 17.2 Å². The molecule has 0 amide bonds. The summed E-state index contributed by atoms with van der Waals surface area (Å²) in [6, 6.07) is 0. The number of halogens is 2. The monoisotopic (exact) mass is 190 g/mol. The Labute approximate surface area is 75.4 Å². The van der Waals surface area contributed by atoms with E-state index in [4.69, 9.17) is 23.2 Å². The first-order valence-electron chi connectivity index (χ1n) is 3.70. The van der Waals surface area contributed by atoms with Gasteiger partial charge in [0.25, 0.3) is 0 Å². The van der Waals surface area contributed by atoms with E-state index in [2.05, 4.69) is 6.08 Å². The number of alkyl halides is 2. The highest BCUT2D eigenvalue weighted by molar-refractivity contribution is 6.59. The second kappa shape index (κ2) is 2.24. The summed E-state index contributed by atoms with van der Waals surface area (Å²) < 4.78 is -1.13. The van der Waals surface area contributed by atoms with Gasteiger partial charge in [0.15, 0.2) is 10.1 Å². The summed E-state index contributed by atoms with van der Waals surface area (Å²) in [4.78, 5) is 11.2. The van der Waals surface area contributed by atoms with Crippen molar-refractivity contribution in [3.8, 4) is 0 Å². The molecule has 0 spiro atoms. The molecule has 0 aliphatic heterocycles. The number of allylic oxidation sites excluding steroid dienone is 2. The standard InChI is InChI=1S/C8H8Cl2O/c9-8(10)6-3-1-2-5(6)4-7(8)11/h1,3,5-6H,2,4H2/t5-,6-/m1/s1. The molecule has 0 aromatic rings. The number of rotatable bonds is 0. The van der Waals surface area contributed by atoms with Gasteiger partial charge >= 0.3 is 0 Å². The Morgan fingerprint density at radius 3 is 2.91 bits per heavy atom. The normalized spacial score (nSPS) is 39.6. The lowest BCUT2D eigenvalue weighted by atomic mass is 10.00. The number of carbonyl (C=O) groups excluding carboxylic acids is 1. The van der Waals surface area contributed by atoms with Crippen molar-refractivity contribution in [2.24, 2.45) is 11.8 Å². The average Bonchev–Trinajstić information content (AvgIpc) is 2.41. The molecule has 2 aliphatic rings. The van der Waals surface area contributed by atoms with Crippen molar-refractivity contribution >= 4 is 29.0 Å². The molecule has 1 fully saturated rings. The molecule has 0 N–H and O–H groups in total. The van der Waals surface area contributed by atoms with Gasteiger partial charge in [-0.1, -0.05) is 35.4 Å². The third kappa shape index (κ3) is 0.944. The third-order valence-electron chi connectivity index (χ3n) is 2.53. The highest BCUT2D eigenvalue weighted by Crippen LogP contribution is 2.50. The van der Waals surface area contributed by atoms with Crippen LogP contribution in [-0.4, -0.2) is 10.1 Å². The number of ketones is 1. The van der Waals surface area contributed by atoms with Crippen LogP contribution in [0.15, 0.2) is 12.2 Å². The van der Waals surface area contributed by atoms with E-state index in [9.17, 15) is 4.79 Å². The van der Waals surface area contributed by atoms with E-state index < -0.39 is 4.33 Å². The second-order valence-electron chi connectivity index (χ2n) is 3.20. The van der Waals surface area contributed by atoms with E-state index in [0.717, 1.165) is 6.42 Å². The first-order chi connectivity index (χ1) is 5.12. The number of fused-ring (bicyclic) bond motifs is 1. The van der Waals surface area contributed by atoms with Crippen LogP contribution in [0, 0.1) is 11.8 Å². The van der Waals surface area contributed by atoms with Crippen molar-refractivity contribution in [3.63, 3.8) is 0 Å².